The molecule has 31 heavy (non-hydrogen) atoms. The Bertz CT molecular complexity index is 584. The number of ether oxygens (including phenoxy) is 1. The van der Waals surface area contributed by atoms with Crippen molar-refractivity contribution >= 4 is 22.4 Å². The van der Waals surface area contributed by atoms with Crippen LogP contribution in [0.2, 0.25) is 42.8 Å². The molecular weight excluding hydrogens is 416 g/mol. The molecule has 0 bridgehead atoms. The first-order valence-corrected chi connectivity index (χ1v) is 19.6. The van der Waals surface area contributed by atoms with Crippen LogP contribution < -0.4 is 0 Å². The molecule has 0 amide bonds. The molecule has 3 atom stereocenters. The molecule has 1 saturated heterocycles. The number of cyclic esters (lactones) is 1. The lowest BCUT2D eigenvalue weighted by Crippen LogP contribution is -2.63. The molecule has 0 radical (unpaired) electrons. The van der Waals surface area contributed by atoms with Crippen LogP contribution in [-0.4, -0.2) is 34.6 Å². The van der Waals surface area contributed by atoms with Gasteiger partial charge in [0.2, 0.25) is 0 Å². The minimum atomic E-state index is -1.88. The van der Waals surface area contributed by atoms with Crippen LogP contribution in [0.4, 0.5) is 0 Å². The second kappa shape index (κ2) is 10.4. The predicted molar refractivity (Wildman–Crippen MR) is 138 cm³/mol. The summed E-state index contributed by atoms with van der Waals surface area (Å²) in [6.07, 6.45) is 13.7. The molecule has 0 unspecified atom stereocenters. The van der Waals surface area contributed by atoms with Gasteiger partial charge in [0, 0.05) is 6.42 Å². The maximum atomic E-state index is 13.1. The Morgan fingerprint density at radius 3 is 2.13 bits per heavy atom. The first-order valence-electron chi connectivity index (χ1n) is 13.1. The lowest BCUT2D eigenvalue weighted by molar-refractivity contribution is -0.187. The van der Waals surface area contributed by atoms with Crippen LogP contribution in [-0.2, 0) is 14.0 Å². The summed E-state index contributed by atoms with van der Waals surface area (Å²) in [4.78, 5) is 13.1. The van der Waals surface area contributed by atoms with Crippen LogP contribution in [0.1, 0.15) is 98.3 Å². The topological polar surface area (TPSA) is 35.5 Å². The van der Waals surface area contributed by atoms with E-state index in [1.165, 1.54) is 51.4 Å². The maximum absolute atomic E-state index is 13.1. The zero-order valence-electron chi connectivity index (χ0n) is 22.2. The average Bonchev–Trinajstić information content (AvgIpc) is 2.65. The van der Waals surface area contributed by atoms with Crippen molar-refractivity contribution in [3.8, 4) is 0 Å². The van der Waals surface area contributed by atoms with Crippen molar-refractivity contribution in [1.82, 2.24) is 0 Å². The van der Waals surface area contributed by atoms with Gasteiger partial charge in [-0.2, -0.15) is 0 Å². The van der Waals surface area contributed by atoms with Gasteiger partial charge in [0.05, 0.1) is 19.2 Å². The molecule has 5 heteroatoms. The Morgan fingerprint density at radius 1 is 1.03 bits per heavy atom. The molecule has 1 saturated carbocycles. The monoisotopic (exact) mass is 468 g/mol. The number of esters is 1. The third-order valence-electron chi connectivity index (χ3n) is 8.80. The van der Waals surface area contributed by atoms with Crippen molar-refractivity contribution in [3.63, 3.8) is 0 Å². The fourth-order valence-electron chi connectivity index (χ4n) is 5.52. The van der Waals surface area contributed by atoms with Crippen molar-refractivity contribution in [2.45, 2.75) is 153 Å². The largest absolute Gasteiger partial charge is 0.461 e. The molecule has 1 aliphatic heterocycles. The summed E-state index contributed by atoms with van der Waals surface area (Å²) in [5, 5.41) is -0.0172. The van der Waals surface area contributed by atoms with E-state index in [2.05, 4.69) is 60.4 Å². The van der Waals surface area contributed by atoms with Gasteiger partial charge in [-0.1, -0.05) is 92.3 Å². The Hall–Kier alpha value is -0.136. The van der Waals surface area contributed by atoms with Gasteiger partial charge in [0.25, 0.3) is 0 Å². The van der Waals surface area contributed by atoms with E-state index in [9.17, 15) is 4.79 Å². The summed E-state index contributed by atoms with van der Waals surface area (Å²) >= 11 is 0. The highest BCUT2D eigenvalue weighted by atomic mass is 28.4. The van der Waals surface area contributed by atoms with Gasteiger partial charge < -0.3 is 9.16 Å². The molecular formula is C26H52O3Si2. The Labute approximate surface area is 195 Å². The molecule has 2 fully saturated rings. The fraction of sp³-hybridized carbons (Fsp3) is 0.962. The SMILES string of the molecule is CCCCCC[C@]1([Si](C)(C)C)C(=O)O[C@@H]1C[C@@H](O[Si](C)(C)C(C)(C)C)C1CCCCC1. The van der Waals surface area contributed by atoms with Crippen LogP contribution in [0.25, 0.3) is 0 Å². The summed E-state index contributed by atoms with van der Waals surface area (Å²) in [6, 6.07) is 0. The van der Waals surface area contributed by atoms with Gasteiger partial charge in [-0.3, -0.25) is 4.79 Å². The van der Waals surface area contributed by atoms with E-state index >= 15 is 0 Å². The van der Waals surface area contributed by atoms with Crippen LogP contribution in [0.5, 0.6) is 0 Å². The number of hydrogen-bond donors (Lipinski definition) is 0. The number of carbonyl (C=O) groups is 1. The van der Waals surface area contributed by atoms with E-state index in [0.29, 0.717) is 5.92 Å². The summed E-state index contributed by atoms with van der Waals surface area (Å²) < 4.78 is 13.1. The van der Waals surface area contributed by atoms with Crippen molar-refractivity contribution in [2.75, 3.05) is 0 Å². The molecule has 1 aliphatic carbocycles. The zero-order chi connectivity index (χ0) is 23.5. The van der Waals surface area contributed by atoms with Gasteiger partial charge in [-0.25, -0.2) is 0 Å². The quantitative estimate of drug-likeness (QED) is 0.174. The maximum Gasteiger partial charge on any atom is 0.313 e. The molecule has 0 aromatic rings. The van der Waals surface area contributed by atoms with E-state index in [-0.39, 0.29) is 28.3 Å². The minimum absolute atomic E-state index is 0.0602. The fourth-order valence-corrected chi connectivity index (χ4v) is 9.66. The highest BCUT2D eigenvalue weighted by Gasteiger charge is 2.64. The highest BCUT2D eigenvalue weighted by molar-refractivity contribution is 6.83. The second-order valence-corrected chi connectivity index (χ2v) is 23.1. The molecule has 0 N–H and O–H groups in total. The van der Waals surface area contributed by atoms with Crippen LogP contribution in [0.3, 0.4) is 0 Å². The van der Waals surface area contributed by atoms with E-state index in [4.69, 9.17) is 9.16 Å². The van der Waals surface area contributed by atoms with Crippen molar-refractivity contribution in [1.29, 1.82) is 0 Å². The second-order valence-electron chi connectivity index (χ2n) is 13.0. The molecule has 3 nitrogen and oxygen atoms in total. The van der Waals surface area contributed by atoms with Gasteiger partial charge >= 0.3 is 5.97 Å². The van der Waals surface area contributed by atoms with Crippen molar-refractivity contribution in [2.24, 2.45) is 5.92 Å². The summed E-state index contributed by atoms with van der Waals surface area (Å²) in [6.45, 7) is 21.2. The number of carbonyl (C=O) groups excluding carboxylic acids is 1. The first kappa shape index (κ1) is 27.1. The molecule has 182 valence electrons. The van der Waals surface area contributed by atoms with Gasteiger partial charge in [-0.15, -0.1) is 0 Å². The predicted octanol–water partition coefficient (Wildman–Crippen LogP) is 8.32. The Kier molecular flexibility index (Phi) is 9.11. The van der Waals surface area contributed by atoms with Crippen LogP contribution >= 0.6 is 0 Å². The van der Waals surface area contributed by atoms with Crippen molar-refractivity contribution in [3.05, 3.63) is 0 Å². The third-order valence-corrected chi connectivity index (χ3v) is 16.8. The lowest BCUT2D eigenvalue weighted by Gasteiger charge is -2.55. The lowest BCUT2D eigenvalue weighted by atomic mass is 9.79. The summed E-state index contributed by atoms with van der Waals surface area (Å²) in [5.41, 5.74) is 0. The van der Waals surface area contributed by atoms with E-state index in [1.54, 1.807) is 0 Å². The number of unbranched alkanes of at least 4 members (excludes halogenated alkanes) is 3. The standard InChI is InChI=1S/C26H52O3Si2/c1-10-11-12-16-19-26(30(5,6)7)23(28-24(26)27)20-22(21-17-14-13-15-18-21)29-31(8,9)25(2,3)4/h21-23H,10-20H2,1-9H3/t22-,23-,26-/m1/s1. The molecule has 0 spiro atoms. The van der Waals surface area contributed by atoms with Gasteiger partial charge in [0.1, 0.15) is 6.10 Å². The van der Waals surface area contributed by atoms with Crippen LogP contribution in [0.15, 0.2) is 0 Å². The minimum Gasteiger partial charge on any atom is -0.461 e. The van der Waals surface area contributed by atoms with Gasteiger partial charge in [-0.05, 0) is 43.3 Å². The van der Waals surface area contributed by atoms with Crippen LogP contribution in [0, 0.1) is 5.92 Å². The van der Waals surface area contributed by atoms with E-state index < -0.39 is 16.4 Å². The first-order chi connectivity index (χ1) is 14.3. The Balaban J connectivity index is 2.25. The normalized spacial score (nSPS) is 27.0. The van der Waals surface area contributed by atoms with Crippen molar-refractivity contribution < 1.29 is 14.0 Å². The van der Waals surface area contributed by atoms with E-state index in [1.807, 2.05) is 0 Å². The molecule has 0 aromatic heterocycles. The molecule has 2 aliphatic rings. The summed E-state index contributed by atoms with van der Waals surface area (Å²) in [7, 11) is -3.62. The smallest absolute Gasteiger partial charge is 0.313 e. The summed E-state index contributed by atoms with van der Waals surface area (Å²) in [5.74, 6) is 0.726. The number of hydrogen-bond acceptors (Lipinski definition) is 3. The zero-order valence-corrected chi connectivity index (χ0v) is 24.2. The molecule has 1 heterocycles. The van der Waals surface area contributed by atoms with Gasteiger partial charge in [0.15, 0.2) is 8.32 Å². The van der Waals surface area contributed by atoms with E-state index in [0.717, 1.165) is 19.3 Å². The average molecular weight is 469 g/mol. The third kappa shape index (κ3) is 6.06. The highest BCUT2D eigenvalue weighted by Crippen LogP contribution is 2.57. The molecule has 0 aromatic carbocycles. The number of rotatable bonds is 11. The molecule has 2 rings (SSSR count). The Morgan fingerprint density at radius 2 is 1.65 bits per heavy atom.